The highest BCUT2D eigenvalue weighted by atomic mass is 16.5. The van der Waals surface area contributed by atoms with E-state index in [0.29, 0.717) is 12.5 Å². The molecule has 116 valence electrons. The maximum Gasteiger partial charge on any atom is 0.241 e. The molecule has 21 heavy (non-hydrogen) atoms. The number of hydrogen-bond donors (Lipinski definition) is 1. The highest BCUT2D eigenvalue weighted by molar-refractivity contribution is 5.95. The Bertz CT molecular complexity index is 487. The van der Waals surface area contributed by atoms with Crippen LogP contribution in [0, 0.1) is 0 Å². The lowest BCUT2D eigenvalue weighted by Gasteiger charge is -2.34. The average Bonchev–Trinajstić information content (AvgIpc) is 2.46. The summed E-state index contributed by atoms with van der Waals surface area (Å²) in [6.07, 6.45) is 0.192. The van der Waals surface area contributed by atoms with E-state index in [1.165, 1.54) is 5.56 Å². The van der Waals surface area contributed by atoms with Crippen molar-refractivity contribution in [1.29, 1.82) is 0 Å². The van der Waals surface area contributed by atoms with Crippen LogP contribution in [0.5, 0.6) is 0 Å². The fourth-order valence-corrected chi connectivity index (χ4v) is 2.71. The van der Waals surface area contributed by atoms with Gasteiger partial charge >= 0.3 is 0 Å². The molecule has 1 aromatic carbocycles. The molecule has 0 aliphatic carbocycles. The Labute approximate surface area is 127 Å². The van der Waals surface area contributed by atoms with Crippen molar-refractivity contribution in [3.05, 3.63) is 29.8 Å². The molecule has 2 atom stereocenters. The minimum Gasteiger partial charge on any atom is -0.376 e. The van der Waals surface area contributed by atoms with Gasteiger partial charge in [-0.2, -0.15) is 0 Å². The Morgan fingerprint density at radius 2 is 2.05 bits per heavy atom. The zero-order chi connectivity index (χ0) is 15.4. The van der Waals surface area contributed by atoms with Crippen molar-refractivity contribution >= 4 is 11.6 Å². The van der Waals surface area contributed by atoms with Crippen LogP contribution in [0.25, 0.3) is 0 Å². The van der Waals surface area contributed by atoms with E-state index >= 15 is 0 Å². The van der Waals surface area contributed by atoms with Crippen LogP contribution in [0.2, 0.25) is 0 Å². The molecule has 0 aromatic heterocycles. The molecule has 1 aliphatic heterocycles. The molecule has 4 nitrogen and oxygen atoms in total. The maximum atomic E-state index is 12.5. The largest absolute Gasteiger partial charge is 0.376 e. The maximum absolute atomic E-state index is 12.5. The number of benzene rings is 1. The lowest BCUT2D eigenvalue weighted by atomic mass is 10.0. The lowest BCUT2D eigenvalue weighted by Crippen LogP contribution is -2.50. The van der Waals surface area contributed by atoms with E-state index in [-0.39, 0.29) is 18.1 Å². The summed E-state index contributed by atoms with van der Waals surface area (Å²) in [6, 6.07) is 7.88. The monoisotopic (exact) mass is 290 g/mol. The summed E-state index contributed by atoms with van der Waals surface area (Å²) >= 11 is 0. The lowest BCUT2D eigenvalue weighted by molar-refractivity contribution is -0.123. The van der Waals surface area contributed by atoms with Crippen LogP contribution in [-0.2, 0) is 9.53 Å². The van der Waals surface area contributed by atoms with Crippen LogP contribution in [0.3, 0.4) is 0 Å². The van der Waals surface area contributed by atoms with Crippen LogP contribution in [0.1, 0.15) is 39.2 Å². The van der Waals surface area contributed by atoms with E-state index in [9.17, 15) is 4.79 Å². The Morgan fingerprint density at radius 3 is 2.71 bits per heavy atom. The predicted molar refractivity (Wildman–Crippen MR) is 85.6 cm³/mol. The third-order valence-corrected chi connectivity index (χ3v) is 4.04. The Hall–Kier alpha value is -1.39. The van der Waals surface area contributed by atoms with E-state index < -0.39 is 0 Å². The number of nitrogens with zero attached hydrogens (tertiary/aromatic N) is 1. The first-order valence-electron chi connectivity index (χ1n) is 7.74. The molecule has 0 spiro atoms. The third kappa shape index (κ3) is 4.05. The van der Waals surface area contributed by atoms with Crippen LogP contribution in [0.15, 0.2) is 24.3 Å². The van der Waals surface area contributed by atoms with E-state index in [4.69, 9.17) is 4.74 Å². The van der Waals surface area contributed by atoms with Gasteiger partial charge in [0.1, 0.15) is 0 Å². The summed E-state index contributed by atoms with van der Waals surface area (Å²) in [4.78, 5) is 14.7. The Morgan fingerprint density at radius 1 is 1.33 bits per heavy atom. The SMILES string of the molecule is CC(C)c1ccccc1NC(=O)[C@H](C)N1CCO[C@@H](C)C1. The van der Waals surface area contributed by atoms with Gasteiger partial charge in [0.25, 0.3) is 0 Å². The van der Waals surface area contributed by atoms with E-state index in [2.05, 4.69) is 30.1 Å². The van der Waals surface area contributed by atoms with Crippen LogP contribution < -0.4 is 5.32 Å². The van der Waals surface area contributed by atoms with Crippen molar-refractivity contribution in [2.45, 2.75) is 45.8 Å². The number of carbonyl (C=O) groups is 1. The number of anilines is 1. The molecule has 0 radical (unpaired) electrons. The number of amides is 1. The van der Waals surface area contributed by atoms with Gasteiger partial charge in [-0.05, 0) is 31.4 Å². The van der Waals surface area contributed by atoms with Gasteiger partial charge in [-0.25, -0.2) is 0 Å². The molecular formula is C17H26N2O2. The molecule has 1 aliphatic rings. The van der Waals surface area contributed by atoms with Gasteiger partial charge in [0.2, 0.25) is 5.91 Å². The fourth-order valence-electron chi connectivity index (χ4n) is 2.71. The quantitative estimate of drug-likeness (QED) is 0.927. The molecule has 4 heteroatoms. The predicted octanol–water partition coefficient (Wildman–Crippen LogP) is 2.86. The van der Waals surface area contributed by atoms with Gasteiger partial charge in [-0.15, -0.1) is 0 Å². The Kier molecular flexibility index (Phi) is 5.37. The van der Waals surface area contributed by atoms with E-state index in [1.807, 2.05) is 32.0 Å². The minimum atomic E-state index is -0.142. The van der Waals surface area contributed by atoms with E-state index in [0.717, 1.165) is 18.8 Å². The number of hydrogen-bond acceptors (Lipinski definition) is 3. The van der Waals surface area contributed by atoms with Crippen molar-refractivity contribution in [2.24, 2.45) is 0 Å². The topological polar surface area (TPSA) is 41.6 Å². The number of carbonyl (C=O) groups excluding carboxylic acids is 1. The first-order chi connectivity index (χ1) is 9.99. The van der Waals surface area contributed by atoms with Crippen molar-refractivity contribution in [1.82, 2.24) is 4.90 Å². The molecule has 1 amide bonds. The van der Waals surface area contributed by atoms with Gasteiger partial charge in [0.05, 0.1) is 18.8 Å². The molecule has 1 saturated heterocycles. The average molecular weight is 290 g/mol. The molecule has 1 fully saturated rings. The van der Waals surface area contributed by atoms with Crippen LogP contribution in [0.4, 0.5) is 5.69 Å². The number of nitrogens with one attached hydrogen (secondary N) is 1. The molecule has 0 unspecified atom stereocenters. The highest BCUT2D eigenvalue weighted by Gasteiger charge is 2.26. The van der Waals surface area contributed by atoms with E-state index in [1.54, 1.807) is 0 Å². The molecular weight excluding hydrogens is 264 g/mol. The summed E-state index contributed by atoms with van der Waals surface area (Å²) in [6.45, 7) is 10.6. The summed E-state index contributed by atoms with van der Waals surface area (Å²) in [5.74, 6) is 0.442. The Balaban J connectivity index is 2.04. The van der Waals surface area contributed by atoms with Crippen molar-refractivity contribution in [3.8, 4) is 0 Å². The third-order valence-electron chi connectivity index (χ3n) is 4.04. The van der Waals surface area contributed by atoms with Crippen LogP contribution >= 0.6 is 0 Å². The van der Waals surface area contributed by atoms with Gasteiger partial charge in [-0.1, -0.05) is 32.0 Å². The normalized spacial score (nSPS) is 21.3. The summed E-state index contributed by atoms with van der Waals surface area (Å²) in [7, 11) is 0. The molecule has 2 rings (SSSR count). The molecule has 1 N–H and O–H groups in total. The standard InChI is InChI=1S/C17H26N2O2/c1-12(2)15-7-5-6-8-16(15)18-17(20)14(4)19-9-10-21-13(3)11-19/h5-8,12-14H,9-11H2,1-4H3,(H,18,20)/t13-,14-/m0/s1. The minimum absolute atomic E-state index is 0.0530. The number of para-hydroxylation sites is 1. The smallest absolute Gasteiger partial charge is 0.241 e. The van der Waals surface area contributed by atoms with Gasteiger partial charge in [0.15, 0.2) is 0 Å². The van der Waals surface area contributed by atoms with Gasteiger partial charge in [0, 0.05) is 18.8 Å². The number of morpholine rings is 1. The zero-order valence-corrected chi connectivity index (χ0v) is 13.4. The van der Waals surface area contributed by atoms with Crippen LogP contribution in [-0.4, -0.2) is 42.6 Å². The zero-order valence-electron chi connectivity index (χ0n) is 13.4. The van der Waals surface area contributed by atoms with Gasteiger partial charge in [-0.3, -0.25) is 9.69 Å². The second kappa shape index (κ2) is 7.05. The molecule has 0 saturated carbocycles. The highest BCUT2D eigenvalue weighted by Crippen LogP contribution is 2.24. The second-order valence-electron chi connectivity index (χ2n) is 6.08. The first kappa shape index (κ1) is 16.0. The summed E-state index contributed by atoms with van der Waals surface area (Å²) in [5.41, 5.74) is 2.10. The summed E-state index contributed by atoms with van der Waals surface area (Å²) in [5, 5.41) is 3.08. The van der Waals surface area contributed by atoms with Crippen molar-refractivity contribution in [3.63, 3.8) is 0 Å². The second-order valence-corrected chi connectivity index (χ2v) is 6.08. The van der Waals surface area contributed by atoms with Crippen molar-refractivity contribution in [2.75, 3.05) is 25.0 Å². The van der Waals surface area contributed by atoms with Crippen molar-refractivity contribution < 1.29 is 9.53 Å². The fraction of sp³-hybridized carbons (Fsp3) is 0.588. The molecule has 0 bridgehead atoms. The number of ether oxygens (including phenoxy) is 1. The molecule has 1 heterocycles. The molecule has 1 aromatic rings. The van der Waals surface area contributed by atoms with Gasteiger partial charge < -0.3 is 10.1 Å². The first-order valence-corrected chi connectivity index (χ1v) is 7.74. The number of rotatable bonds is 4. The summed E-state index contributed by atoms with van der Waals surface area (Å²) < 4.78 is 5.53.